The van der Waals surface area contributed by atoms with Gasteiger partial charge in [-0.15, -0.1) is 0 Å². The van der Waals surface area contributed by atoms with Crippen LogP contribution in [0.5, 0.6) is 0 Å². The second kappa shape index (κ2) is 6.41. The highest BCUT2D eigenvalue weighted by Gasteiger charge is 2.36. The zero-order valence-corrected chi connectivity index (χ0v) is 13.2. The zero-order valence-electron chi connectivity index (χ0n) is 11.7. The molecule has 2 rings (SSSR count). The fourth-order valence-corrected chi connectivity index (χ4v) is 3.16. The van der Waals surface area contributed by atoms with Crippen LogP contribution < -0.4 is 5.32 Å². The second-order valence-electron chi connectivity index (χ2n) is 5.51. The lowest BCUT2D eigenvalue weighted by Gasteiger charge is -2.35. The van der Waals surface area contributed by atoms with Crippen LogP contribution >= 0.6 is 15.9 Å². The van der Waals surface area contributed by atoms with E-state index < -0.39 is 5.54 Å². The molecule has 1 aromatic carbocycles. The Kier molecular flexibility index (Phi) is 4.82. The quantitative estimate of drug-likeness (QED) is 0.906. The van der Waals surface area contributed by atoms with E-state index in [9.17, 15) is 10.1 Å². The van der Waals surface area contributed by atoms with Crippen LogP contribution in [-0.4, -0.2) is 11.4 Å². The molecule has 1 aliphatic carbocycles. The molecule has 0 aromatic heterocycles. The average molecular weight is 335 g/mol. The number of nitriles is 1. The Labute approximate surface area is 128 Å². The third-order valence-corrected chi connectivity index (χ3v) is 4.68. The minimum Gasteiger partial charge on any atom is -0.334 e. The molecule has 0 bridgehead atoms. The lowest BCUT2D eigenvalue weighted by Crippen LogP contribution is -2.49. The van der Waals surface area contributed by atoms with Crippen molar-refractivity contribution in [3.63, 3.8) is 0 Å². The van der Waals surface area contributed by atoms with Crippen LogP contribution in [0.2, 0.25) is 0 Å². The Bertz CT molecular complexity index is 528. The normalized spacial score (nSPS) is 25.8. The van der Waals surface area contributed by atoms with Crippen LogP contribution in [0, 0.1) is 17.2 Å². The molecule has 0 radical (unpaired) electrons. The van der Waals surface area contributed by atoms with Crippen molar-refractivity contribution in [3.8, 4) is 6.07 Å². The lowest BCUT2D eigenvalue weighted by atomic mass is 9.76. The van der Waals surface area contributed by atoms with Gasteiger partial charge in [-0.25, -0.2) is 0 Å². The average Bonchev–Trinajstić information content (AvgIpc) is 2.48. The summed E-state index contributed by atoms with van der Waals surface area (Å²) in [7, 11) is 0. The number of nitrogens with zero attached hydrogens (tertiary/aromatic N) is 1. The number of nitrogens with one attached hydrogen (secondary N) is 1. The van der Waals surface area contributed by atoms with E-state index in [0.29, 0.717) is 11.5 Å². The third kappa shape index (κ3) is 3.40. The molecule has 1 N–H and O–H groups in total. The fourth-order valence-electron chi connectivity index (χ4n) is 2.76. The van der Waals surface area contributed by atoms with E-state index in [4.69, 9.17) is 0 Å². The Hall–Kier alpha value is -1.34. The van der Waals surface area contributed by atoms with Gasteiger partial charge < -0.3 is 5.32 Å². The maximum absolute atomic E-state index is 12.3. The van der Waals surface area contributed by atoms with Crippen LogP contribution in [0.1, 0.15) is 49.4 Å². The number of halogens is 1. The molecule has 3 nitrogen and oxygen atoms in total. The van der Waals surface area contributed by atoms with Gasteiger partial charge in [0.05, 0.1) is 6.07 Å². The predicted octanol–water partition coefficient (Wildman–Crippen LogP) is 4.04. The van der Waals surface area contributed by atoms with Gasteiger partial charge in [-0.1, -0.05) is 35.3 Å². The first-order valence-corrected chi connectivity index (χ1v) is 7.87. The molecule has 106 valence electrons. The van der Waals surface area contributed by atoms with Gasteiger partial charge in [-0.2, -0.15) is 5.26 Å². The van der Waals surface area contributed by atoms with Crippen molar-refractivity contribution < 1.29 is 4.79 Å². The van der Waals surface area contributed by atoms with Crippen molar-refractivity contribution >= 4 is 21.8 Å². The summed E-state index contributed by atoms with van der Waals surface area (Å²) < 4.78 is 0.867. The molecule has 0 spiro atoms. The van der Waals surface area contributed by atoms with Crippen molar-refractivity contribution in [1.29, 1.82) is 5.26 Å². The predicted molar refractivity (Wildman–Crippen MR) is 82.2 cm³/mol. The minimum absolute atomic E-state index is 0.164. The fraction of sp³-hybridized carbons (Fsp3) is 0.500. The molecule has 1 aromatic rings. The summed E-state index contributed by atoms with van der Waals surface area (Å²) in [5.74, 6) is 0.530. The van der Waals surface area contributed by atoms with Crippen molar-refractivity contribution in [2.75, 3.05) is 0 Å². The molecular weight excluding hydrogens is 316 g/mol. The Balaban J connectivity index is 2.07. The first-order chi connectivity index (χ1) is 9.58. The largest absolute Gasteiger partial charge is 0.334 e. The number of hydrogen-bond donors (Lipinski definition) is 1. The number of hydrogen-bond acceptors (Lipinski definition) is 2. The summed E-state index contributed by atoms with van der Waals surface area (Å²) in [5, 5.41) is 12.4. The molecule has 1 saturated carbocycles. The van der Waals surface area contributed by atoms with Crippen molar-refractivity contribution in [2.24, 2.45) is 5.92 Å². The summed E-state index contributed by atoms with van der Waals surface area (Å²) >= 11 is 3.36. The number of benzene rings is 1. The second-order valence-corrected chi connectivity index (χ2v) is 6.43. The van der Waals surface area contributed by atoms with Crippen molar-refractivity contribution in [1.82, 2.24) is 5.32 Å². The van der Waals surface area contributed by atoms with Crippen LogP contribution in [0.3, 0.4) is 0 Å². The molecule has 4 heteroatoms. The van der Waals surface area contributed by atoms with E-state index in [-0.39, 0.29) is 5.91 Å². The van der Waals surface area contributed by atoms with Gasteiger partial charge in [-0.05, 0) is 49.8 Å². The maximum atomic E-state index is 12.3. The van der Waals surface area contributed by atoms with Gasteiger partial charge in [0.25, 0.3) is 5.91 Å². The van der Waals surface area contributed by atoms with Gasteiger partial charge >= 0.3 is 0 Å². The first kappa shape index (κ1) is 15.1. The van der Waals surface area contributed by atoms with E-state index in [1.807, 2.05) is 12.1 Å². The van der Waals surface area contributed by atoms with Gasteiger partial charge in [0.2, 0.25) is 0 Å². The molecule has 1 aliphatic rings. The molecule has 20 heavy (non-hydrogen) atoms. The minimum atomic E-state index is -0.689. The lowest BCUT2D eigenvalue weighted by molar-refractivity contribution is 0.0891. The van der Waals surface area contributed by atoms with E-state index in [1.54, 1.807) is 12.1 Å². The molecule has 0 heterocycles. The van der Waals surface area contributed by atoms with E-state index in [2.05, 4.69) is 34.2 Å². The zero-order chi connectivity index (χ0) is 14.6. The van der Waals surface area contributed by atoms with Crippen LogP contribution in [-0.2, 0) is 0 Å². The molecule has 1 fully saturated rings. The third-order valence-electron chi connectivity index (χ3n) is 4.19. The topological polar surface area (TPSA) is 52.9 Å². The van der Waals surface area contributed by atoms with Gasteiger partial charge in [-0.3, -0.25) is 4.79 Å². The van der Waals surface area contributed by atoms with Gasteiger partial charge in [0, 0.05) is 10.0 Å². The number of rotatable bonds is 3. The Morgan fingerprint density at radius 2 is 2.20 bits per heavy atom. The highest BCUT2D eigenvalue weighted by atomic mass is 79.9. The van der Waals surface area contributed by atoms with Gasteiger partial charge in [0.15, 0.2) is 0 Å². The van der Waals surface area contributed by atoms with Crippen LogP contribution in [0.15, 0.2) is 28.7 Å². The monoisotopic (exact) mass is 334 g/mol. The van der Waals surface area contributed by atoms with Crippen LogP contribution in [0.25, 0.3) is 0 Å². The number of amides is 1. The molecule has 0 atom stereocenters. The Morgan fingerprint density at radius 3 is 2.75 bits per heavy atom. The van der Waals surface area contributed by atoms with Crippen LogP contribution in [0.4, 0.5) is 0 Å². The summed E-state index contributed by atoms with van der Waals surface area (Å²) in [6.45, 7) is 2.18. The summed E-state index contributed by atoms with van der Waals surface area (Å²) in [4.78, 5) is 12.3. The summed E-state index contributed by atoms with van der Waals surface area (Å²) in [6, 6.07) is 9.58. The number of carbonyl (C=O) groups excluding carboxylic acids is 1. The SMILES string of the molecule is CCC1CCC(C#N)(NC(=O)c2cccc(Br)c2)CC1. The van der Waals surface area contributed by atoms with E-state index in [1.165, 1.54) is 0 Å². The maximum Gasteiger partial charge on any atom is 0.252 e. The van der Waals surface area contributed by atoms with Crippen molar-refractivity contribution in [3.05, 3.63) is 34.3 Å². The molecule has 0 saturated heterocycles. The summed E-state index contributed by atoms with van der Waals surface area (Å²) in [6.07, 6.45) is 4.69. The van der Waals surface area contributed by atoms with E-state index in [0.717, 1.165) is 36.6 Å². The van der Waals surface area contributed by atoms with Gasteiger partial charge in [0.1, 0.15) is 5.54 Å². The number of carbonyl (C=O) groups is 1. The molecular formula is C16H19BrN2O. The molecule has 0 aliphatic heterocycles. The van der Waals surface area contributed by atoms with Crippen molar-refractivity contribution in [2.45, 2.75) is 44.6 Å². The molecule has 1 amide bonds. The Morgan fingerprint density at radius 1 is 1.50 bits per heavy atom. The standard InChI is InChI=1S/C16H19BrN2O/c1-2-12-6-8-16(11-18,9-7-12)19-15(20)13-4-3-5-14(17)10-13/h3-5,10,12H,2,6-9H2,1H3,(H,19,20). The molecule has 0 unspecified atom stereocenters. The first-order valence-electron chi connectivity index (χ1n) is 7.08. The smallest absolute Gasteiger partial charge is 0.252 e. The van der Waals surface area contributed by atoms with E-state index >= 15 is 0 Å². The highest BCUT2D eigenvalue weighted by molar-refractivity contribution is 9.10. The summed E-state index contributed by atoms with van der Waals surface area (Å²) in [5.41, 5.74) is -0.1000. The highest BCUT2D eigenvalue weighted by Crippen LogP contribution is 2.33.